The zero-order valence-corrected chi connectivity index (χ0v) is 18.6. The lowest BCUT2D eigenvalue weighted by atomic mass is 10.1. The number of nitrogens with zero attached hydrogens (tertiary/aromatic N) is 2. The molecule has 4 aromatic rings. The van der Waals surface area contributed by atoms with Crippen LogP contribution in [0.5, 0.6) is 0 Å². The molecule has 5 nitrogen and oxygen atoms in total. The van der Waals surface area contributed by atoms with Crippen molar-refractivity contribution in [2.24, 2.45) is 5.10 Å². The summed E-state index contributed by atoms with van der Waals surface area (Å²) in [5.74, 6) is -0.306. The van der Waals surface area contributed by atoms with E-state index in [1.807, 2.05) is 67.6 Å². The van der Waals surface area contributed by atoms with Gasteiger partial charge in [0.05, 0.1) is 17.9 Å². The summed E-state index contributed by atoms with van der Waals surface area (Å²) in [7, 11) is 0. The zero-order chi connectivity index (χ0) is 22.9. The molecule has 0 fully saturated rings. The third-order valence-electron chi connectivity index (χ3n) is 5.79. The number of halogens is 1. The Morgan fingerprint density at radius 3 is 2.30 bits per heavy atom. The molecule has 4 aromatic carbocycles. The van der Waals surface area contributed by atoms with Crippen LogP contribution in [0.3, 0.4) is 0 Å². The standard InChI is InChI=1S/C27H20ClN3O2/c1-17(19-12-14-22(28)15-13-19)29-30-26(32)21-10-8-18(9-11-21)16-31-24-7-3-5-20-4-2-6-23(25(20)24)27(31)33/h2-15H,16H2,1H3,(H,30,32). The largest absolute Gasteiger partial charge is 0.303 e. The van der Waals surface area contributed by atoms with Gasteiger partial charge in [-0.05, 0) is 59.8 Å². The van der Waals surface area contributed by atoms with E-state index in [9.17, 15) is 9.59 Å². The Labute approximate surface area is 196 Å². The molecule has 1 aliphatic heterocycles. The average molecular weight is 454 g/mol. The average Bonchev–Trinajstić information content (AvgIpc) is 3.11. The molecule has 0 aliphatic carbocycles. The summed E-state index contributed by atoms with van der Waals surface area (Å²) in [6.07, 6.45) is 0. The van der Waals surface area contributed by atoms with Crippen molar-refractivity contribution in [3.05, 3.63) is 112 Å². The minimum Gasteiger partial charge on any atom is -0.303 e. The third kappa shape index (κ3) is 3.99. The molecular formula is C27H20ClN3O2. The van der Waals surface area contributed by atoms with Gasteiger partial charge in [0, 0.05) is 21.5 Å². The van der Waals surface area contributed by atoms with Crippen LogP contribution in [0.25, 0.3) is 10.8 Å². The van der Waals surface area contributed by atoms with Crippen molar-refractivity contribution in [1.29, 1.82) is 0 Å². The van der Waals surface area contributed by atoms with Crippen LogP contribution in [0.2, 0.25) is 5.02 Å². The van der Waals surface area contributed by atoms with Crippen molar-refractivity contribution in [3.63, 3.8) is 0 Å². The first-order chi connectivity index (χ1) is 16.0. The van der Waals surface area contributed by atoms with Gasteiger partial charge >= 0.3 is 0 Å². The van der Waals surface area contributed by atoms with Crippen molar-refractivity contribution >= 4 is 45.6 Å². The van der Waals surface area contributed by atoms with Crippen LogP contribution >= 0.6 is 11.6 Å². The first kappa shape index (κ1) is 20.9. The van der Waals surface area contributed by atoms with Gasteiger partial charge in [0.15, 0.2) is 0 Å². The van der Waals surface area contributed by atoms with Crippen LogP contribution in [-0.2, 0) is 6.54 Å². The molecule has 0 aromatic heterocycles. The number of hydrogen-bond acceptors (Lipinski definition) is 3. The minimum absolute atomic E-state index is 0.00404. The van der Waals surface area contributed by atoms with Gasteiger partial charge in [-0.2, -0.15) is 5.10 Å². The smallest absolute Gasteiger partial charge is 0.271 e. The third-order valence-corrected chi connectivity index (χ3v) is 6.04. The molecule has 1 heterocycles. The van der Waals surface area contributed by atoms with E-state index in [4.69, 9.17) is 11.6 Å². The summed E-state index contributed by atoms with van der Waals surface area (Å²) in [6.45, 7) is 2.25. The lowest BCUT2D eigenvalue weighted by Gasteiger charge is -2.18. The van der Waals surface area contributed by atoms with Crippen LogP contribution in [0.1, 0.15) is 38.8 Å². The molecule has 0 saturated carbocycles. The second kappa shape index (κ2) is 8.52. The number of nitrogens with one attached hydrogen (secondary N) is 1. The maximum absolute atomic E-state index is 13.0. The van der Waals surface area contributed by atoms with E-state index < -0.39 is 0 Å². The van der Waals surface area contributed by atoms with E-state index >= 15 is 0 Å². The number of anilines is 1. The second-order valence-corrected chi connectivity index (χ2v) is 8.35. The number of benzene rings is 4. The van der Waals surface area contributed by atoms with Crippen LogP contribution in [0, 0.1) is 0 Å². The van der Waals surface area contributed by atoms with E-state index in [2.05, 4.69) is 10.5 Å². The highest BCUT2D eigenvalue weighted by Gasteiger charge is 2.29. The molecule has 0 radical (unpaired) electrons. The Balaban J connectivity index is 1.29. The summed E-state index contributed by atoms with van der Waals surface area (Å²) >= 11 is 5.91. The van der Waals surface area contributed by atoms with Gasteiger partial charge in [-0.15, -0.1) is 0 Å². The summed E-state index contributed by atoms with van der Waals surface area (Å²) < 4.78 is 0. The van der Waals surface area contributed by atoms with Crippen molar-refractivity contribution in [3.8, 4) is 0 Å². The fraction of sp³-hybridized carbons (Fsp3) is 0.0741. The summed E-state index contributed by atoms with van der Waals surface area (Å²) in [5, 5.41) is 6.88. The first-order valence-corrected chi connectivity index (χ1v) is 10.9. The van der Waals surface area contributed by atoms with Crippen LogP contribution in [-0.4, -0.2) is 17.5 Å². The van der Waals surface area contributed by atoms with Gasteiger partial charge in [-0.25, -0.2) is 5.43 Å². The topological polar surface area (TPSA) is 61.8 Å². The maximum Gasteiger partial charge on any atom is 0.271 e. The van der Waals surface area contributed by atoms with Crippen molar-refractivity contribution < 1.29 is 9.59 Å². The SMILES string of the molecule is CC(=NNC(=O)c1ccc(CN2C(=O)c3cccc4cccc2c34)cc1)c1ccc(Cl)cc1. The number of hydrazone groups is 1. The highest BCUT2D eigenvalue weighted by Crippen LogP contribution is 2.37. The molecule has 1 aliphatic rings. The molecule has 1 N–H and O–H groups in total. The van der Waals surface area contributed by atoms with E-state index in [1.54, 1.807) is 29.2 Å². The summed E-state index contributed by atoms with van der Waals surface area (Å²) in [5.41, 5.74) is 7.22. The lowest BCUT2D eigenvalue weighted by Crippen LogP contribution is -2.26. The van der Waals surface area contributed by atoms with Gasteiger partial charge < -0.3 is 4.90 Å². The molecule has 6 heteroatoms. The van der Waals surface area contributed by atoms with Gasteiger partial charge in [0.25, 0.3) is 11.8 Å². The first-order valence-electron chi connectivity index (χ1n) is 10.5. The summed E-state index contributed by atoms with van der Waals surface area (Å²) in [4.78, 5) is 27.3. The number of hydrogen-bond donors (Lipinski definition) is 1. The van der Waals surface area contributed by atoms with Crippen LogP contribution < -0.4 is 10.3 Å². The van der Waals surface area contributed by atoms with Gasteiger partial charge in [-0.3, -0.25) is 9.59 Å². The Morgan fingerprint density at radius 2 is 1.58 bits per heavy atom. The Bertz CT molecular complexity index is 1400. The number of amides is 2. The molecule has 0 atom stereocenters. The van der Waals surface area contributed by atoms with E-state index in [0.29, 0.717) is 22.8 Å². The predicted molar refractivity (Wildman–Crippen MR) is 132 cm³/mol. The lowest BCUT2D eigenvalue weighted by molar-refractivity contribution is 0.0953. The molecule has 5 rings (SSSR count). The van der Waals surface area contributed by atoms with Crippen molar-refractivity contribution in [1.82, 2.24) is 5.43 Å². The predicted octanol–water partition coefficient (Wildman–Crippen LogP) is 5.81. The van der Waals surface area contributed by atoms with Crippen LogP contribution in [0.15, 0.2) is 90.0 Å². The van der Waals surface area contributed by atoms with Gasteiger partial charge in [0.2, 0.25) is 0 Å². The normalized spacial score (nSPS) is 13.0. The second-order valence-electron chi connectivity index (χ2n) is 7.91. The Morgan fingerprint density at radius 1 is 0.909 bits per heavy atom. The molecule has 2 amide bonds. The molecule has 0 unspecified atom stereocenters. The Hall–Kier alpha value is -3.96. The van der Waals surface area contributed by atoms with Crippen LogP contribution in [0.4, 0.5) is 5.69 Å². The fourth-order valence-electron chi connectivity index (χ4n) is 4.04. The van der Waals surface area contributed by atoms with Gasteiger partial charge in [0.1, 0.15) is 0 Å². The fourth-order valence-corrected chi connectivity index (χ4v) is 4.16. The number of rotatable bonds is 5. The highest BCUT2D eigenvalue weighted by atomic mass is 35.5. The van der Waals surface area contributed by atoms with Crippen molar-refractivity contribution in [2.75, 3.05) is 4.90 Å². The molecule has 33 heavy (non-hydrogen) atoms. The number of carbonyl (C=O) groups excluding carboxylic acids is 2. The number of carbonyl (C=O) groups is 2. The van der Waals surface area contributed by atoms with Gasteiger partial charge in [-0.1, -0.05) is 60.1 Å². The molecular weight excluding hydrogens is 434 g/mol. The van der Waals surface area contributed by atoms with E-state index in [-0.39, 0.29) is 11.8 Å². The molecule has 0 bridgehead atoms. The monoisotopic (exact) mass is 453 g/mol. The molecule has 0 saturated heterocycles. The molecule has 0 spiro atoms. The van der Waals surface area contributed by atoms with E-state index in [1.165, 1.54) is 0 Å². The molecule has 162 valence electrons. The Kier molecular flexibility index (Phi) is 5.40. The summed E-state index contributed by atoms with van der Waals surface area (Å²) in [6, 6.07) is 26.2. The maximum atomic E-state index is 13.0. The zero-order valence-electron chi connectivity index (χ0n) is 17.9. The highest BCUT2D eigenvalue weighted by molar-refractivity contribution is 6.30. The van der Waals surface area contributed by atoms with E-state index in [0.717, 1.165) is 33.2 Å². The minimum atomic E-state index is -0.302. The van der Waals surface area contributed by atoms with Crippen molar-refractivity contribution in [2.45, 2.75) is 13.5 Å². The quantitative estimate of drug-likeness (QED) is 0.306.